The van der Waals surface area contributed by atoms with E-state index in [9.17, 15) is 10.1 Å². The predicted molar refractivity (Wildman–Crippen MR) is 98.1 cm³/mol. The fraction of sp³-hybridized carbons (Fsp3) is 0.158. The summed E-state index contributed by atoms with van der Waals surface area (Å²) in [6.45, 7) is 5.88. The van der Waals surface area contributed by atoms with Crippen molar-refractivity contribution < 1.29 is 4.79 Å². The number of carbonyl (C=O) groups excluding carboxylic acids is 1. The van der Waals surface area contributed by atoms with Crippen molar-refractivity contribution in [2.75, 3.05) is 10.6 Å². The molecule has 0 aromatic heterocycles. The van der Waals surface area contributed by atoms with E-state index in [2.05, 4.69) is 10.6 Å². The highest BCUT2D eigenvalue weighted by Crippen LogP contribution is 2.21. The summed E-state index contributed by atoms with van der Waals surface area (Å²) in [5.74, 6) is -0.487. The third kappa shape index (κ3) is 4.37. The molecule has 0 aliphatic rings. The largest absolute Gasteiger partial charge is 0.360 e. The molecule has 0 aliphatic carbocycles. The Hall–Kier alpha value is -2.77. The van der Waals surface area contributed by atoms with Crippen LogP contribution in [-0.4, -0.2) is 5.91 Å². The van der Waals surface area contributed by atoms with Crippen LogP contribution in [0.25, 0.3) is 0 Å². The quantitative estimate of drug-likeness (QED) is 0.625. The Balaban J connectivity index is 2.15. The summed E-state index contributed by atoms with van der Waals surface area (Å²) in [6.07, 6.45) is 1.40. The summed E-state index contributed by atoms with van der Waals surface area (Å²) in [5, 5.41) is 15.4. The lowest BCUT2D eigenvalue weighted by Gasteiger charge is -2.09. The lowest BCUT2D eigenvalue weighted by atomic mass is 10.1. The van der Waals surface area contributed by atoms with Crippen LogP contribution in [0, 0.1) is 32.1 Å². The van der Waals surface area contributed by atoms with Gasteiger partial charge in [0.1, 0.15) is 11.6 Å². The second kappa shape index (κ2) is 7.67. The number of nitrogens with zero attached hydrogens (tertiary/aromatic N) is 1. The molecular weight excluding hydrogens is 322 g/mol. The molecule has 5 heteroatoms. The van der Waals surface area contributed by atoms with Crippen molar-refractivity contribution in [3.05, 3.63) is 69.9 Å². The molecule has 0 bridgehead atoms. The Kier molecular flexibility index (Phi) is 5.62. The van der Waals surface area contributed by atoms with E-state index in [0.717, 1.165) is 16.8 Å². The second-order valence-corrected chi connectivity index (χ2v) is 5.96. The van der Waals surface area contributed by atoms with E-state index in [1.165, 1.54) is 11.8 Å². The van der Waals surface area contributed by atoms with Crippen molar-refractivity contribution in [3.8, 4) is 6.07 Å². The molecule has 0 aliphatic heterocycles. The molecular formula is C19H18ClN3O. The number of hydrogen-bond donors (Lipinski definition) is 2. The molecule has 0 saturated heterocycles. The van der Waals surface area contributed by atoms with Gasteiger partial charge in [0.05, 0.1) is 0 Å². The molecule has 0 radical (unpaired) electrons. The minimum absolute atomic E-state index is 0.0207. The van der Waals surface area contributed by atoms with Crippen LogP contribution < -0.4 is 10.6 Å². The molecule has 24 heavy (non-hydrogen) atoms. The summed E-state index contributed by atoms with van der Waals surface area (Å²) in [5.41, 5.74) is 4.56. The molecule has 0 heterocycles. The van der Waals surface area contributed by atoms with Gasteiger partial charge in [0.25, 0.3) is 5.91 Å². The van der Waals surface area contributed by atoms with Crippen molar-refractivity contribution >= 4 is 28.9 Å². The topological polar surface area (TPSA) is 64.9 Å². The van der Waals surface area contributed by atoms with Gasteiger partial charge in [-0.1, -0.05) is 23.7 Å². The Labute approximate surface area is 146 Å². The average molecular weight is 340 g/mol. The van der Waals surface area contributed by atoms with Crippen LogP contribution in [0.5, 0.6) is 0 Å². The lowest BCUT2D eigenvalue weighted by molar-refractivity contribution is -0.112. The van der Waals surface area contributed by atoms with Crippen LogP contribution in [0.1, 0.15) is 16.7 Å². The van der Waals surface area contributed by atoms with Gasteiger partial charge in [-0.2, -0.15) is 5.26 Å². The molecule has 4 nitrogen and oxygen atoms in total. The number of nitriles is 1. The minimum atomic E-state index is -0.487. The number of rotatable bonds is 4. The fourth-order valence-electron chi connectivity index (χ4n) is 2.05. The van der Waals surface area contributed by atoms with Gasteiger partial charge >= 0.3 is 0 Å². The smallest absolute Gasteiger partial charge is 0.267 e. The van der Waals surface area contributed by atoms with E-state index in [0.29, 0.717) is 10.7 Å². The van der Waals surface area contributed by atoms with E-state index in [4.69, 9.17) is 11.6 Å². The van der Waals surface area contributed by atoms with Crippen molar-refractivity contribution in [3.63, 3.8) is 0 Å². The molecule has 0 atom stereocenters. The first-order valence-electron chi connectivity index (χ1n) is 7.42. The average Bonchev–Trinajstić information content (AvgIpc) is 2.55. The molecule has 2 aromatic rings. The van der Waals surface area contributed by atoms with Crippen LogP contribution in [0.15, 0.2) is 48.2 Å². The molecule has 2 N–H and O–H groups in total. The number of amides is 1. The zero-order valence-electron chi connectivity index (χ0n) is 13.8. The number of anilines is 2. The number of aryl methyl sites for hydroxylation is 3. The van der Waals surface area contributed by atoms with Crippen molar-refractivity contribution in [1.82, 2.24) is 0 Å². The standard InChI is InChI=1S/C19H18ClN3O/c1-12-5-7-17(8-14(12)3)22-11-15(10-21)19(24)23-18-9-16(20)6-4-13(18)2/h4-9,11,22H,1-3H3,(H,23,24)/b15-11-. The van der Waals surface area contributed by atoms with Crippen molar-refractivity contribution in [2.24, 2.45) is 0 Å². The Morgan fingerprint density at radius 2 is 1.79 bits per heavy atom. The second-order valence-electron chi connectivity index (χ2n) is 5.53. The van der Waals surface area contributed by atoms with Gasteiger partial charge in [0.2, 0.25) is 0 Å². The summed E-state index contributed by atoms with van der Waals surface area (Å²) in [6, 6.07) is 12.9. The highest BCUT2D eigenvalue weighted by atomic mass is 35.5. The third-order valence-corrected chi connectivity index (χ3v) is 3.94. The maximum Gasteiger partial charge on any atom is 0.267 e. The molecule has 0 saturated carbocycles. The minimum Gasteiger partial charge on any atom is -0.360 e. The highest BCUT2D eigenvalue weighted by molar-refractivity contribution is 6.31. The maximum absolute atomic E-state index is 12.3. The Bertz CT molecular complexity index is 850. The van der Waals surface area contributed by atoms with Gasteiger partial charge in [-0.25, -0.2) is 0 Å². The number of benzene rings is 2. The SMILES string of the molecule is Cc1ccc(N/C=C(/C#N)C(=O)Nc2cc(Cl)ccc2C)cc1C. The van der Waals surface area contributed by atoms with E-state index >= 15 is 0 Å². The third-order valence-electron chi connectivity index (χ3n) is 3.70. The van der Waals surface area contributed by atoms with Gasteiger partial charge in [0.15, 0.2) is 0 Å². The monoisotopic (exact) mass is 339 g/mol. The number of halogens is 1. The predicted octanol–water partition coefficient (Wildman–Crippen LogP) is 4.72. The summed E-state index contributed by atoms with van der Waals surface area (Å²) in [7, 11) is 0. The van der Waals surface area contributed by atoms with Gasteiger partial charge in [-0.3, -0.25) is 4.79 Å². The van der Waals surface area contributed by atoms with Crippen LogP contribution in [0.4, 0.5) is 11.4 Å². The zero-order valence-corrected chi connectivity index (χ0v) is 14.5. The first-order valence-corrected chi connectivity index (χ1v) is 7.80. The van der Waals surface area contributed by atoms with E-state index in [-0.39, 0.29) is 5.57 Å². The molecule has 122 valence electrons. The van der Waals surface area contributed by atoms with Gasteiger partial charge in [0, 0.05) is 22.6 Å². The molecule has 2 aromatic carbocycles. The van der Waals surface area contributed by atoms with E-state index < -0.39 is 5.91 Å². The van der Waals surface area contributed by atoms with Crippen LogP contribution in [-0.2, 0) is 4.79 Å². The first kappa shape index (κ1) is 17.6. The lowest BCUT2D eigenvalue weighted by Crippen LogP contribution is -2.15. The van der Waals surface area contributed by atoms with Crippen LogP contribution in [0.3, 0.4) is 0 Å². The zero-order chi connectivity index (χ0) is 17.7. The maximum atomic E-state index is 12.3. The summed E-state index contributed by atoms with van der Waals surface area (Å²) in [4.78, 5) is 12.3. The highest BCUT2D eigenvalue weighted by Gasteiger charge is 2.11. The van der Waals surface area contributed by atoms with Crippen LogP contribution >= 0.6 is 11.6 Å². The van der Waals surface area contributed by atoms with Crippen molar-refractivity contribution in [2.45, 2.75) is 20.8 Å². The number of hydrogen-bond acceptors (Lipinski definition) is 3. The molecule has 0 fully saturated rings. The fourth-order valence-corrected chi connectivity index (χ4v) is 2.23. The normalized spacial score (nSPS) is 10.9. The Morgan fingerprint density at radius 1 is 1.08 bits per heavy atom. The summed E-state index contributed by atoms with van der Waals surface area (Å²) < 4.78 is 0. The van der Waals surface area contributed by atoms with Crippen LogP contribution in [0.2, 0.25) is 5.02 Å². The van der Waals surface area contributed by atoms with Crippen molar-refractivity contribution in [1.29, 1.82) is 5.26 Å². The van der Waals surface area contributed by atoms with E-state index in [1.54, 1.807) is 18.2 Å². The molecule has 0 unspecified atom stereocenters. The Morgan fingerprint density at radius 3 is 2.46 bits per heavy atom. The molecule has 0 spiro atoms. The number of carbonyl (C=O) groups is 1. The van der Waals surface area contributed by atoms with Gasteiger partial charge < -0.3 is 10.6 Å². The first-order chi connectivity index (χ1) is 11.4. The summed E-state index contributed by atoms with van der Waals surface area (Å²) >= 11 is 5.94. The molecule has 1 amide bonds. The molecule has 2 rings (SSSR count). The van der Waals surface area contributed by atoms with Gasteiger partial charge in [-0.05, 0) is 61.7 Å². The van der Waals surface area contributed by atoms with E-state index in [1.807, 2.05) is 45.0 Å². The number of nitrogens with one attached hydrogen (secondary N) is 2. The van der Waals surface area contributed by atoms with Gasteiger partial charge in [-0.15, -0.1) is 0 Å².